The molecule has 0 aliphatic heterocycles. The van der Waals surface area contributed by atoms with Crippen molar-refractivity contribution in [1.82, 2.24) is 9.13 Å². The lowest BCUT2D eigenvalue weighted by Gasteiger charge is -2.44. The van der Waals surface area contributed by atoms with Crippen LogP contribution in [-0.4, -0.2) is 25.8 Å². The van der Waals surface area contributed by atoms with E-state index in [1.807, 2.05) is 0 Å². The van der Waals surface area contributed by atoms with E-state index in [1.165, 1.54) is 63.7 Å². The average Bonchev–Trinajstić information content (AvgIpc) is 3.89. The lowest BCUT2D eigenvalue weighted by atomic mass is 10.1. The Morgan fingerprint density at radius 2 is 0.554 bits per heavy atom. The van der Waals surface area contributed by atoms with E-state index >= 15 is 0 Å². The van der Waals surface area contributed by atoms with Crippen LogP contribution in [0.4, 0.5) is 0 Å². The van der Waals surface area contributed by atoms with Crippen molar-refractivity contribution in [3.8, 4) is 11.4 Å². The van der Waals surface area contributed by atoms with Gasteiger partial charge in [-0.15, -0.1) is 0 Å². The highest BCUT2D eigenvalue weighted by molar-refractivity contribution is 7.18. The van der Waals surface area contributed by atoms with Crippen molar-refractivity contribution in [3.63, 3.8) is 0 Å². The molecule has 0 N–H and O–H groups in total. The Balaban J connectivity index is 1.17. The Morgan fingerprint density at radius 1 is 0.231 bits per heavy atom. The molecule has 2 heterocycles. The quantitative estimate of drug-likeness (QED) is 0.0990. The summed E-state index contributed by atoms with van der Waals surface area (Å²) >= 11 is 0. The predicted molar refractivity (Wildman–Crippen MR) is 278 cm³/mol. The van der Waals surface area contributed by atoms with Gasteiger partial charge in [0.2, 0.25) is 0 Å². The molecule has 0 spiro atoms. The Hall–Kier alpha value is -7.81. The highest BCUT2D eigenvalue weighted by atomic mass is 28.4. The number of benzene rings is 10. The molecule has 0 unspecified atom stereocenters. The van der Waals surface area contributed by atoms with Crippen LogP contribution < -0.4 is 31.1 Å². The van der Waals surface area contributed by atoms with Crippen molar-refractivity contribution in [2.45, 2.75) is 0 Å². The molecule has 0 bridgehead atoms. The zero-order chi connectivity index (χ0) is 43.2. The standard InChI is InChI=1S/C60H44N2OSi2/c1-7-24-45(25-8-1)61-57-40-21-19-38-53(57)55-43-56-54-39-20-22-41-58(54)62(60(56)44-59(55)61)46-26-23-37-52(42-46)65(50-33-15-5-16-34-50,51-35-17-6-18-36-51)63-64(47-27-9-2-10-28-47,48-29-11-3-12-30-48)49-31-13-4-14-32-49/h1-44H. The largest absolute Gasteiger partial charge is 0.435 e. The lowest BCUT2D eigenvalue weighted by molar-refractivity contribution is 0.600. The summed E-state index contributed by atoms with van der Waals surface area (Å²) in [6.07, 6.45) is 0. The fourth-order valence-electron chi connectivity index (χ4n) is 10.4. The van der Waals surface area contributed by atoms with Gasteiger partial charge in [-0.25, -0.2) is 0 Å². The van der Waals surface area contributed by atoms with Crippen LogP contribution in [-0.2, 0) is 4.12 Å². The molecule has 12 aromatic rings. The second-order valence-corrected chi connectivity index (χ2v) is 23.8. The fourth-order valence-corrected chi connectivity index (χ4v) is 21.0. The van der Waals surface area contributed by atoms with Gasteiger partial charge in [0, 0.05) is 32.9 Å². The first-order valence-corrected chi connectivity index (χ1v) is 26.2. The molecule has 0 aliphatic carbocycles. The number of para-hydroxylation sites is 3. The SMILES string of the molecule is c1ccc(-n2c3ccccc3c3cc4c5ccccc5n(-c5cccc([Si](O[Si](c6ccccc6)(c6ccccc6)c6ccccc6)(c6ccccc6)c6ccccc6)c5)c4cc32)cc1. The van der Waals surface area contributed by atoms with Gasteiger partial charge in [0.25, 0.3) is 16.6 Å². The highest BCUT2D eigenvalue weighted by Gasteiger charge is 2.53. The molecular weight excluding hydrogens is 821 g/mol. The van der Waals surface area contributed by atoms with Crippen molar-refractivity contribution in [2.75, 3.05) is 0 Å². The van der Waals surface area contributed by atoms with E-state index < -0.39 is 16.6 Å². The van der Waals surface area contributed by atoms with E-state index in [2.05, 4.69) is 276 Å². The molecule has 0 saturated heterocycles. The molecule has 0 aliphatic rings. The van der Waals surface area contributed by atoms with Crippen molar-refractivity contribution >= 4 is 91.4 Å². The second-order valence-electron chi connectivity index (χ2n) is 16.8. The van der Waals surface area contributed by atoms with Crippen molar-refractivity contribution in [3.05, 3.63) is 267 Å². The minimum atomic E-state index is -3.46. The number of rotatable bonds is 10. The summed E-state index contributed by atoms with van der Waals surface area (Å²) in [7, 11) is -6.77. The summed E-state index contributed by atoms with van der Waals surface area (Å²) in [5, 5.41) is 12.1. The van der Waals surface area contributed by atoms with Gasteiger partial charge in [0.1, 0.15) is 0 Å². The molecule has 65 heavy (non-hydrogen) atoms. The summed E-state index contributed by atoms with van der Waals surface area (Å²) in [4.78, 5) is 0. The molecule has 0 fully saturated rings. The van der Waals surface area contributed by atoms with E-state index in [4.69, 9.17) is 4.12 Å². The Labute approximate surface area is 381 Å². The van der Waals surface area contributed by atoms with E-state index in [-0.39, 0.29) is 0 Å². The molecule has 10 aromatic carbocycles. The van der Waals surface area contributed by atoms with Crippen LogP contribution in [0.2, 0.25) is 0 Å². The maximum Gasteiger partial charge on any atom is 0.278 e. The van der Waals surface area contributed by atoms with Gasteiger partial charge in [-0.2, -0.15) is 0 Å². The van der Waals surface area contributed by atoms with Gasteiger partial charge in [-0.3, -0.25) is 0 Å². The molecule has 0 saturated carbocycles. The summed E-state index contributed by atoms with van der Waals surface area (Å²) in [6, 6.07) is 97.7. The molecule has 308 valence electrons. The van der Waals surface area contributed by atoms with Crippen LogP contribution in [0.15, 0.2) is 267 Å². The Morgan fingerprint density at radius 3 is 0.985 bits per heavy atom. The van der Waals surface area contributed by atoms with Crippen molar-refractivity contribution in [2.24, 2.45) is 0 Å². The summed E-state index contributed by atoms with van der Waals surface area (Å²) in [6.45, 7) is 0. The highest BCUT2D eigenvalue weighted by Crippen LogP contribution is 2.39. The molecular formula is C60H44N2OSi2. The van der Waals surface area contributed by atoms with Gasteiger partial charge in [-0.05, 0) is 79.7 Å². The molecule has 0 amide bonds. The minimum Gasteiger partial charge on any atom is -0.435 e. The van der Waals surface area contributed by atoms with E-state index in [0.29, 0.717) is 0 Å². The van der Waals surface area contributed by atoms with E-state index in [0.717, 1.165) is 22.4 Å². The fraction of sp³-hybridized carbons (Fsp3) is 0. The molecule has 0 atom stereocenters. The third-order valence-corrected chi connectivity index (χ3v) is 22.5. The van der Waals surface area contributed by atoms with Gasteiger partial charge < -0.3 is 13.2 Å². The number of hydrogen-bond donors (Lipinski definition) is 0. The number of fused-ring (bicyclic) bond motifs is 6. The van der Waals surface area contributed by atoms with E-state index in [9.17, 15) is 0 Å². The second kappa shape index (κ2) is 16.1. The van der Waals surface area contributed by atoms with Gasteiger partial charge in [0.05, 0.1) is 22.1 Å². The lowest BCUT2D eigenvalue weighted by Crippen LogP contribution is -2.81. The number of aromatic nitrogens is 2. The predicted octanol–water partition coefficient (Wildman–Crippen LogP) is 10.5. The van der Waals surface area contributed by atoms with Gasteiger partial charge in [0.15, 0.2) is 0 Å². The number of hydrogen-bond acceptors (Lipinski definition) is 1. The van der Waals surface area contributed by atoms with Crippen LogP contribution in [0.5, 0.6) is 0 Å². The maximum atomic E-state index is 8.71. The molecule has 0 radical (unpaired) electrons. The summed E-state index contributed by atoms with van der Waals surface area (Å²) in [5.74, 6) is 0. The molecule has 5 heteroatoms. The zero-order valence-corrected chi connectivity index (χ0v) is 37.7. The van der Waals surface area contributed by atoms with Gasteiger partial charge >= 0.3 is 0 Å². The van der Waals surface area contributed by atoms with Gasteiger partial charge in [-0.1, -0.05) is 218 Å². The van der Waals surface area contributed by atoms with Crippen LogP contribution >= 0.6 is 0 Å². The Bertz CT molecular complexity index is 3480. The number of nitrogens with zero attached hydrogens (tertiary/aromatic N) is 2. The smallest absolute Gasteiger partial charge is 0.278 e. The summed E-state index contributed by atoms with van der Waals surface area (Å²) < 4.78 is 13.6. The van der Waals surface area contributed by atoms with Crippen LogP contribution in [0.25, 0.3) is 55.0 Å². The molecule has 12 rings (SSSR count). The first-order valence-electron chi connectivity index (χ1n) is 22.3. The van der Waals surface area contributed by atoms with Crippen LogP contribution in [0.1, 0.15) is 0 Å². The van der Waals surface area contributed by atoms with Crippen molar-refractivity contribution < 1.29 is 4.12 Å². The topological polar surface area (TPSA) is 19.1 Å². The van der Waals surface area contributed by atoms with E-state index in [1.54, 1.807) is 0 Å². The minimum absolute atomic E-state index is 1.09. The third kappa shape index (κ3) is 6.27. The summed E-state index contributed by atoms with van der Waals surface area (Å²) in [5.41, 5.74) is 6.93. The first kappa shape index (κ1) is 38.8. The average molecular weight is 865 g/mol. The normalized spacial score (nSPS) is 12.1. The molecule has 3 nitrogen and oxygen atoms in total. The first-order chi connectivity index (χ1) is 32.2. The van der Waals surface area contributed by atoms with Crippen LogP contribution in [0.3, 0.4) is 0 Å². The van der Waals surface area contributed by atoms with Crippen molar-refractivity contribution in [1.29, 1.82) is 0 Å². The van der Waals surface area contributed by atoms with Crippen LogP contribution in [0, 0.1) is 0 Å². The maximum absolute atomic E-state index is 8.71. The molecule has 2 aromatic heterocycles. The Kier molecular flexibility index (Phi) is 9.60. The monoisotopic (exact) mass is 864 g/mol. The third-order valence-electron chi connectivity index (χ3n) is 13.2. The zero-order valence-electron chi connectivity index (χ0n) is 35.7.